The maximum absolute atomic E-state index is 6.22. The molecule has 3 nitrogen and oxygen atoms in total. The Bertz CT molecular complexity index is 356. The van der Waals surface area contributed by atoms with E-state index in [1.807, 2.05) is 18.7 Å². The molecule has 1 N–H and O–H groups in total. The molecule has 0 aliphatic heterocycles. The smallest absolute Gasteiger partial charge is 0.0860 e. The monoisotopic (exact) mass is 257 g/mol. The Labute approximate surface area is 110 Å². The van der Waals surface area contributed by atoms with Crippen LogP contribution in [0.25, 0.3) is 0 Å². The van der Waals surface area contributed by atoms with Gasteiger partial charge in [0.05, 0.1) is 16.4 Å². The molecule has 4 heteroatoms. The first-order valence-corrected chi connectivity index (χ1v) is 6.80. The predicted octanol–water partition coefficient (Wildman–Crippen LogP) is 3.30. The van der Waals surface area contributed by atoms with E-state index < -0.39 is 0 Å². The summed E-state index contributed by atoms with van der Waals surface area (Å²) >= 11 is 6.22. The van der Waals surface area contributed by atoms with Crippen LogP contribution in [0.5, 0.6) is 0 Å². The summed E-state index contributed by atoms with van der Waals surface area (Å²) in [5.74, 6) is 0.725. The van der Waals surface area contributed by atoms with E-state index in [0.29, 0.717) is 6.04 Å². The Kier molecular flexibility index (Phi) is 5.47. The van der Waals surface area contributed by atoms with Crippen molar-refractivity contribution in [2.45, 2.75) is 53.1 Å². The number of halogens is 1. The molecule has 0 saturated heterocycles. The average molecular weight is 258 g/mol. The summed E-state index contributed by atoms with van der Waals surface area (Å²) in [5.41, 5.74) is 1.98. The molecule has 17 heavy (non-hydrogen) atoms. The van der Waals surface area contributed by atoms with Crippen LogP contribution in [0.4, 0.5) is 0 Å². The highest BCUT2D eigenvalue weighted by atomic mass is 35.5. The van der Waals surface area contributed by atoms with Crippen LogP contribution in [-0.4, -0.2) is 15.8 Å². The third-order valence-corrected chi connectivity index (χ3v) is 4.10. The maximum Gasteiger partial charge on any atom is 0.0860 e. The van der Waals surface area contributed by atoms with Crippen molar-refractivity contribution in [2.24, 2.45) is 13.0 Å². The minimum Gasteiger partial charge on any atom is -0.308 e. The average Bonchev–Trinajstić information content (AvgIpc) is 2.53. The third kappa shape index (κ3) is 3.46. The number of rotatable bonds is 6. The summed E-state index contributed by atoms with van der Waals surface area (Å²) in [5, 5.41) is 8.66. The molecule has 1 aromatic heterocycles. The fourth-order valence-electron chi connectivity index (χ4n) is 2.29. The molecule has 0 saturated carbocycles. The van der Waals surface area contributed by atoms with Gasteiger partial charge < -0.3 is 5.32 Å². The fraction of sp³-hybridized carbons (Fsp3) is 0.769. The number of aromatic nitrogens is 2. The van der Waals surface area contributed by atoms with Gasteiger partial charge in [0, 0.05) is 19.6 Å². The molecule has 0 bridgehead atoms. The highest BCUT2D eigenvalue weighted by molar-refractivity contribution is 6.31. The van der Waals surface area contributed by atoms with Gasteiger partial charge in [-0.05, 0) is 19.8 Å². The van der Waals surface area contributed by atoms with Gasteiger partial charge in [0.15, 0.2) is 0 Å². The molecule has 98 valence electrons. The van der Waals surface area contributed by atoms with Crippen molar-refractivity contribution in [2.75, 3.05) is 0 Å². The molecule has 0 amide bonds. The van der Waals surface area contributed by atoms with Gasteiger partial charge in [0.2, 0.25) is 0 Å². The van der Waals surface area contributed by atoms with Crippen LogP contribution in [0.15, 0.2) is 0 Å². The van der Waals surface area contributed by atoms with E-state index in [0.717, 1.165) is 28.9 Å². The maximum atomic E-state index is 6.22. The van der Waals surface area contributed by atoms with E-state index in [1.54, 1.807) is 0 Å². The van der Waals surface area contributed by atoms with Crippen LogP contribution >= 0.6 is 11.6 Å². The zero-order chi connectivity index (χ0) is 13.0. The van der Waals surface area contributed by atoms with Crippen molar-refractivity contribution in [3.63, 3.8) is 0 Å². The van der Waals surface area contributed by atoms with Crippen LogP contribution < -0.4 is 5.32 Å². The zero-order valence-corrected chi connectivity index (χ0v) is 12.3. The van der Waals surface area contributed by atoms with E-state index in [-0.39, 0.29) is 0 Å². The van der Waals surface area contributed by atoms with Crippen molar-refractivity contribution in [1.82, 2.24) is 15.1 Å². The van der Waals surface area contributed by atoms with Crippen LogP contribution in [0.3, 0.4) is 0 Å². The molecule has 0 spiro atoms. The Morgan fingerprint density at radius 3 is 2.35 bits per heavy atom. The Balaban J connectivity index is 2.61. The lowest BCUT2D eigenvalue weighted by Gasteiger charge is -2.22. The first-order valence-electron chi connectivity index (χ1n) is 6.42. The summed E-state index contributed by atoms with van der Waals surface area (Å²) in [6.07, 6.45) is 2.42. The lowest BCUT2D eigenvalue weighted by molar-refractivity contribution is 0.350. The van der Waals surface area contributed by atoms with Crippen LogP contribution in [-0.2, 0) is 13.6 Å². The molecule has 1 unspecified atom stereocenters. The second-order valence-electron chi connectivity index (χ2n) is 4.72. The van der Waals surface area contributed by atoms with Crippen molar-refractivity contribution in [3.8, 4) is 0 Å². The van der Waals surface area contributed by atoms with Gasteiger partial charge >= 0.3 is 0 Å². The van der Waals surface area contributed by atoms with Crippen molar-refractivity contribution >= 4 is 11.6 Å². The lowest BCUT2D eigenvalue weighted by atomic mass is 9.95. The summed E-state index contributed by atoms with van der Waals surface area (Å²) in [6.45, 7) is 9.46. The molecule has 1 rings (SSSR count). The molecule has 1 atom stereocenters. The van der Waals surface area contributed by atoms with Crippen molar-refractivity contribution < 1.29 is 0 Å². The first kappa shape index (κ1) is 14.5. The molecule has 1 heterocycles. The van der Waals surface area contributed by atoms with Gasteiger partial charge in [0.1, 0.15) is 0 Å². The molecule has 0 aromatic carbocycles. The highest BCUT2D eigenvalue weighted by Crippen LogP contribution is 2.20. The fourth-order valence-corrected chi connectivity index (χ4v) is 2.52. The molecular weight excluding hydrogens is 234 g/mol. The van der Waals surface area contributed by atoms with Gasteiger partial charge in [-0.2, -0.15) is 5.10 Å². The minimum atomic E-state index is 0.510. The first-order chi connectivity index (χ1) is 8.01. The highest BCUT2D eigenvalue weighted by Gasteiger charge is 2.15. The van der Waals surface area contributed by atoms with E-state index in [1.165, 1.54) is 12.8 Å². The third-order valence-electron chi connectivity index (χ3n) is 3.61. The van der Waals surface area contributed by atoms with Gasteiger partial charge in [-0.3, -0.25) is 4.68 Å². The lowest BCUT2D eigenvalue weighted by Crippen LogP contribution is -2.33. The van der Waals surface area contributed by atoms with Gasteiger partial charge in [-0.1, -0.05) is 38.3 Å². The number of nitrogens with one attached hydrogen (secondary N) is 1. The second kappa shape index (κ2) is 6.41. The summed E-state index contributed by atoms with van der Waals surface area (Å²) in [6, 6.07) is 0.510. The van der Waals surface area contributed by atoms with E-state index in [2.05, 4.69) is 31.2 Å². The van der Waals surface area contributed by atoms with E-state index >= 15 is 0 Å². The second-order valence-corrected chi connectivity index (χ2v) is 5.09. The normalized spacial score (nSPS) is 13.4. The number of nitrogens with zero attached hydrogens (tertiary/aromatic N) is 2. The van der Waals surface area contributed by atoms with Crippen molar-refractivity contribution in [1.29, 1.82) is 0 Å². The summed E-state index contributed by atoms with van der Waals surface area (Å²) < 4.78 is 1.87. The summed E-state index contributed by atoms with van der Waals surface area (Å²) in [4.78, 5) is 0. The number of hydrogen-bond acceptors (Lipinski definition) is 2. The van der Waals surface area contributed by atoms with Gasteiger partial charge in [0.25, 0.3) is 0 Å². The summed E-state index contributed by atoms with van der Waals surface area (Å²) in [7, 11) is 1.94. The van der Waals surface area contributed by atoms with Gasteiger partial charge in [-0.25, -0.2) is 0 Å². The minimum absolute atomic E-state index is 0.510. The molecule has 1 aromatic rings. The van der Waals surface area contributed by atoms with Crippen LogP contribution in [0.1, 0.15) is 45.0 Å². The quantitative estimate of drug-likeness (QED) is 0.848. The zero-order valence-electron chi connectivity index (χ0n) is 11.5. The molecule has 0 radical (unpaired) electrons. The largest absolute Gasteiger partial charge is 0.308 e. The molecule has 0 aliphatic rings. The molecular formula is C13H24ClN3. The van der Waals surface area contributed by atoms with Crippen LogP contribution in [0, 0.1) is 12.8 Å². The Hall–Kier alpha value is -0.540. The SMILES string of the molecule is CCC(CC)C(C)NCc1c(Cl)c(C)nn1C. The van der Waals surface area contributed by atoms with Crippen LogP contribution in [0.2, 0.25) is 5.02 Å². The Morgan fingerprint density at radius 2 is 1.94 bits per heavy atom. The van der Waals surface area contributed by atoms with E-state index in [9.17, 15) is 0 Å². The van der Waals surface area contributed by atoms with Gasteiger partial charge in [-0.15, -0.1) is 0 Å². The topological polar surface area (TPSA) is 29.9 Å². The van der Waals surface area contributed by atoms with Crippen molar-refractivity contribution in [3.05, 3.63) is 16.4 Å². The predicted molar refractivity (Wildman–Crippen MR) is 73.3 cm³/mol. The number of aryl methyl sites for hydroxylation is 2. The standard InChI is InChI=1S/C13H24ClN3/c1-6-11(7-2)9(3)15-8-12-13(14)10(4)16-17(12)5/h9,11,15H,6-8H2,1-5H3. The van der Waals surface area contributed by atoms with E-state index in [4.69, 9.17) is 11.6 Å². The molecule has 0 aliphatic carbocycles. The molecule has 0 fully saturated rings. The Morgan fingerprint density at radius 1 is 1.35 bits per heavy atom. The number of hydrogen-bond donors (Lipinski definition) is 1.